The second-order valence-electron chi connectivity index (χ2n) is 3.29. The molecule has 0 aliphatic heterocycles. The van der Waals surface area contributed by atoms with E-state index in [-0.39, 0.29) is 11.3 Å². The molecule has 1 amide bonds. The summed E-state index contributed by atoms with van der Waals surface area (Å²) in [7, 11) is 0. The van der Waals surface area contributed by atoms with Gasteiger partial charge in [-0.1, -0.05) is 25.6 Å². The summed E-state index contributed by atoms with van der Waals surface area (Å²) in [5.74, 6) is 1.48. The van der Waals surface area contributed by atoms with Gasteiger partial charge in [-0.3, -0.25) is 4.79 Å². The standard InChI is InChI=1S/C8H17NOS/c1-6(2)5-11-8(10)9-7(3)4/h6-7H,5H2,1-4H3,(H,9,10). The molecule has 1 N–H and O–H groups in total. The minimum absolute atomic E-state index is 0.0914. The third-order valence-corrected chi connectivity index (χ3v) is 2.17. The lowest BCUT2D eigenvalue weighted by atomic mass is 10.3. The highest BCUT2D eigenvalue weighted by Gasteiger charge is 2.04. The van der Waals surface area contributed by atoms with E-state index in [4.69, 9.17) is 0 Å². The molecule has 0 saturated heterocycles. The number of hydrogen-bond donors (Lipinski definition) is 1. The van der Waals surface area contributed by atoms with Crippen LogP contribution in [0.25, 0.3) is 0 Å². The van der Waals surface area contributed by atoms with Gasteiger partial charge in [0.25, 0.3) is 5.24 Å². The summed E-state index contributed by atoms with van der Waals surface area (Å²) in [4.78, 5) is 11.0. The van der Waals surface area contributed by atoms with Gasteiger partial charge in [-0.15, -0.1) is 0 Å². The van der Waals surface area contributed by atoms with E-state index in [2.05, 4.69) is 19.2 Å². The van der Waals surface area contributed by atoms with Crippen LogP contribution in [-0.2, 0) is 0 Å². The molecule has 66 valence electrons. The minimum atomic E-state index is 0.0914. The second-order valence-corrected chi connectivity index (χ2v) is 4.28. The van der Waals surface area contributed by atoms with Crippen molar-refractivity contribution in [3.05, 3.63) is 0 Å². The van der Waals surface area contributed by atoms with Crippen molar-refractivity contribution >= 4 is 17.0 Å². The van der Waals surface area contributed by atoms with Crippen molar-refractivity contribution < 1.29 is 4.79 Å². The molecule has 11 heavy (non-hydrogen) atoms. The Morgan fingerprint density at radius 3 is 2.27 bits per heavy atom. The molecular weight excluding hydrogens is 158 g/mol. The van der Waals surface area contributed by atoms with Gasteiger partial charge in [0.15, 0.2) is 0 Å². The van der Waals surface area contributed by atoms with Gasteiger partial charge in [-0.05, 0) is 19.8 Å². The molecule has 0 saturated carbocycles. The maximum Gasteiger partial charge on any atom is 0.279 e. The zero-order valence-electron chi connectivity index (χ0n) is 7.68. The molecule has 0 aliphatic carbocycles. The van der Waals surface area contributed by atoms with Gasteiger partial charge >= 0.3 is 0 Å². The molecule has 0 unspecified atom stereocenters. The molecule has 0 radical (unpaired) electrons. The van der Waals surface area contributed by atoms with E-state index >= 15 is 0 Å². The zero-order valence-corrected chi connectivity index (χ0v) is 8.49. The third kappa shape index (κ3) is 7.72. The van der Waals surface area contributed by atoms with Crippen LogP contribution in [0.1, 0.15) is 27.7 Å². The summed E-state index contributed by atoms with van der Waals surface area (Å²) >= 11 is 1.36. The summed E-state index contributed by atoms with van der Waals surface area (Å²) in [6.07, 6.45) is 0. The molecule has 0 fully saturated rings. The van der Waals surface area contributed by atoms with Crippen molar-refractivity contribution in [2.24, 2.45) is 5.92 Å². The Bertz CT molecular complexity index is 123. The summed E-state index contributed by atoms with van der Waals surface area (Å²) < 4.78 is 0. The molecule has 0 rings (SSSR count). The maximum absolute atomic E-state index is 11.0. The quantitative estimate of drug-likeness (QED) is 0.714. The number of carbonyl (C=O) groups is 1. The van der Waals surface area contributed by atoms with Crippen LogP contribution in [0.4, 0.5) is 4.79 Å². The summed E-state index contributed by atoms with van der Waals surface area (Å²) in [5, 5.41) is 2.91. The highest BCUT2D eigenvalue weighted by atomic mass is 32.2. The first-order chi connectivity index (χ1) is 5.02. The monoisotopic (exact) mass is 175 g/mol. The van der Waals surface area contributed by atoms with Crippen LogP contribution in [0.15, 0.2) is 0 Å². The molecule has 0 aliphatic rings. The molecule has 0 aromatic heterocycles. The lowest BCUT2D eigenvalue weighted by Crippen LogP contribution is -2.26. The Morgan fingerprint density at radius 2 is 1.91 bits per heavy atom. The Labute approximate surface area is 73.1 Å². The van der Waals surface area contributed by atoms with Gasteiger partial charge < -0.3 is 5.32 Å². The highest BCUT2D eigenvalue weighted by Crippen LogP contribution is 2.08. The summed E-state index contributed by atoms with van der Waals surface area (Å²) in [6.45, 7) is 8.15. The number of hydrogen-bond acceptors (Lipinski definition) is 2. The van der Waals surface area contributed by atoms with E-state index in [1.165, 1.54) is 11.8 Å². The number of nitrogens with one attached hydrogen (secondary N) is 1. The first kappa shape index (κ1) is 10.8. The Kier molecular flexibility index (Phi) is 5.38. The van der Waals surface area contributed by atoms with Crippen LogP contribution in [0.5, 0.6) is 0 Å². The van der Waals surface area contributed by atoms with Gasteiger partial charge in [0.2, 0.25) is 0 Å². The largest absolute Gasteiger partial charge is 0.345 e. The van der Waals surface area contributed by atoms with Crippen molar-refractivity contribution in [1.82, 2.24) is 5.32 Å². The van der Waals surface area contributed by atoms with E-state index in [1.807, 2.05) is 13.8 Å². The van der Waals surface area contributed by atoms with Crippen LogP contribution in [0.3, 0.4) is 0 Å². The van der Waals surface area contributed by atoms with Crippen LogP contribution in [0.2, 0.25) is 0 Å². The molecule has 0 heterocycles. The van der Waals surface area contributed by atoms with Crippen molar-refractivity contribution in [2.45, 2.75) is 33.7 Å². The molecule has 0 aromatic rings. The van der Waals surface area contributed by atoms with Crippen LogP contribution in [-0.4, -0.2) is 17.0 Å². The molecule has 0 bridgehead atoms. The smallest absolute Gasteiger partial charge is 0.279 e. The average Bonchev–Trinajstić information content (AvgIpc) is 1.82. The number of carbonyl (C=O) groups excluding carboxylic acids is 1. The Morgan fingerprint density at radius 1 is 1.36 bits per heavy atom. The van der Waals surface area contributed by atoms with Crippen molar-refractivity contribution in [3.63, 3.8) is 0 Å². The van der Waals surface area contributed by atoms with Gasteiger partial charge in [-0.2, -0.15) is 0 Å². The van der Waals surface area contributed by atoms with Gasteiger partial charge in [0.05, 0.1) is 0 Å². The van der Waals surface area contributed by atoms with E-state index < -0.39 is 0 Å². The predicted octanol–water partition coefficient (Wildman–Crippen LogP) is 2.49. The van der Waals surface area contributed by atoms with Crippen molar-refractivity contribution in [3.8, 4) is 0 Å². The van der Waals surface area contributed by atoms with E-state index in [0.717, 1.165) is 5.75 Å². The zero-order chi connectivity index (χ0) is 8.85. The Balaban J connectivity index is 3.38. The fraction of sp³-hybridized carbons (Fsp3) is 0.875. The first-order valence-corrected chi connectivity index (χ1v) is 4.94. The summed E-state index contributed by atoms with van der Waals surface area (Å²) in [5.41, 5.74) is 0. The number of thioether (sulfide) groups is 1. The topological polar surface area (TPSA) is 29.1 Å². The van der Waals surface area contributed by atoms with Gasteiger partial charge in [0, 0.05) is 11.8 Å². The van der Waals surface area contributed by atoms with Crippen LogP contribution < -0.4 is 5.32 Å². The maximum atomic E-state index is 11.0. The Hall–Kier alpha value is -0.180. The van der Waals surface area contributed by atoms with Gasteiger partial charge in [0.1, 0.15) is 0 Å². The first-order valence-electron chi connectivity index (χ1n) is 3.95. The van der Waals surface area contributed by atoms with Crippen LogP contribution in [0, 0.1) is 5.92 Å². The van der Waals surface area contributed by atoms with Crippen molar-refractivity contribution in [2.75, 3.05) is 5.75 Å². The molecule has 3 heteroatoms. The normalized spacial score (nSPS) is 10.7. The second kappa shape index (κ2) is 5.47. The fourth-order valence-corrected chi connectivity index (χ4v) is 1.32. The average molecular weight is 175 g/mol. The molecular formula is C8H17NOS. The molecule has 0 atom stereocenters. The SMILES string of the molecule is CC(C)CSC(=O)NC(C)C. The molecule has 0 aromatic carbocycles. The lowest BCUT2D eigenvalue weighted by Gasteiger charge is -2.08. The molecule has 0 spiro atoms. The third-order valence-electron chi connectivity index (χ3n) is 0.954. The van der Waals surface area contributed by atoms with Gasteiger partial charge in [-0.25, -0.2) is 0 Å². The van der Waals surface area contributed by atoms with E-state index in [9.17, 15) is 4.79 Å². The van der Waals surface area contributed by atoms with Crippen LogP contribution >= 0.6 is 11.8 Å². The number of amides is 1. The predicted molar refractivity (Wildman–Crippen MR) is 51.0 cm³/mol. The molecule has 2 nitrogen and oxygen atoms in total. The minimum Gasteiger partial charge on any atom is -0.345 e. The fourth-order valence-electron chi connectivity index (χ4n) is 0.520. The summed E-state index contributed by atoms with van der Waals surface area (Å²) in [6, 6.07) is 0.252. The highest BCUT2D eigenvalue weighted by molar-refractivity contribution is 8.13. The number of rotatable bonds is 3. The van der Waals surface area contributed by atoms with E-state index in [1.54, 1.807) is 0 Å². The lowest BCUT2D eigenvalue weighted by molar-refractivity contribution is 0.258. The van der Waals surface area contributed by atoms with Crippen molar-refractivity contribution in [1.29, 1.82) is 0 Å². The van der Waals surface area contributed by atoms with E-state index in [0.29, 0.717) is 5.92 Å².